The molecular weight excluding hydrogens is 520 g/mol. The van der Waals surface area contributed by atoms with Gasteiger partial charge >= 0.3 is 6.18 Å². The number of hydrogen-bond acceptors (Lipinski definition) is 5. The van der Waals surface area contributed by atoms with Crippen LogP contribution in [0.2, 0.25) is 0 Å². The van der Waals surface area contributed by atoms with Gasteiger partial charge in [-0.25, -0.2) is 4.39 Å². The van der Waals surface area contributed by atoms with Crippen molar-refractivity contribution in [2.75, 3.05) is 25.4 Å². The molecule has 4 fully saturated rings. The number of amidine groups is 1. The number of nitrogens with one attached hydrogen (secondary N) is 3. The summed E-state index contributed by atoms with van der Waals surface area (Å²) in [4.78, 5) is 15.7. The Kier molecular flexibility index (Phi) is 8.01. The maximum atomic E-state index is 14.1. The molecule has 4 aliphatic rings. The Hall–Kier alpha value is -1.82. The van der Waals surface area contributed by atoms with E-state index < -0.39 is 29.9 Å². The number of aromatic nitrogens is 2. The zero-order chi connectivity index (χ0) is 27.2. The maximum absolute atomic E-state index is 14.1. The summed E-state index contributed by atoms with van der Waals surface area (Å²) in [6.07, 6.45) is 0.120. The van der Waals surface area contributed by atoms with E-state index in [0.717, 1.165) is 25.1 Å². The van der Waals surface area contributed by atoms with Crippen molar-refractivity contribution in [2.45, 2.75) is 75.8 Å². The number of halogens is 4. The molecule has 1 aromatic rings. The molecule has 2 saturated carbocycles. The van der Waals surface area contributed by atoms with Crippen LogP contribution in [0.5, 0.6) is 0 Å². The van der Waals surface area contributed by atoms with Crippen LogP contribution < -0.4 is 10.6 Å². The van der Waals surface area contributed by atoms with Crippen LogP contribution in [0, 0.1) is 29.1 Å². The van der Waals surface area contributed by atoms with Crippen LogP contribution in [-0.4, -0.2) is 69.4 Å². The van der Waals surface area contributed by atoms with Crippen molar-refractivity contribution in [3.05, 3.63) is 17.5 Å². The molecule has 1 amide bonds. The van der Waals surface area contributed by atoms with Gasteiger partial charge in [-0.3, -0.25) is 14.9 Å². The molecule has 1 aromatic heterocycles. The third-order valence-corrected chi connectivity index (χ3v) is 9.72. The summed E-state index contributed by atoms with van der Waals surface area (Å²) in [5.41, 5.74) is -0.713. The third-order valence-electron chi connectivity index (χ3n) is 8.80. The summed E-state index contributed by atoms with van der Waals surface area (Å²) in [6, 6.07) is -0.0931. The summed E-state index contributed by atoms with van der Waals surface area (Å²) >= 11 is 1.48. The molecule has 6 unspecified atom stereocenters. The average molecular weight is 559 g/mol. The highest BCUT2D eigenvalue weighted by molar-refractivity contribution is 8.14. The van der Waals surface area contributed by atoms with Crippen LogP contribution in [0.15, 0.2) is 6.20 Å². The molecule has 38 heavy (non-hydrogen) atoms. The number of hydrogen-bond donors (Lipinski definition) is 3. The molecule has 0 aromatic carbocycles. The summed E-state index contributed by atoms with van der Waals surface area (Å²) in [7, 11) is 1.49. The fraction of sp³-hybridized carbons (Fsp3) is 0.808. The van der Waals surface area contributed by atoms with E-state index in [0.29, 0.717) is 43.3 Å². The lowest BCUT2D eigenvalue weighted by molar-refractivity contribution is -0.142. The van der Waals surface area contributed by atoms with Gasteiger partial charge in [0.1, 0.15) is 6.17 Å². The van der Waals surface area contributed by atoms with E-state index in [1.807, 2.05) is 11.8 Å². The van der Waals surface area contributed by atoms with Crippen molar-refractivity contribution in [1.29, 1.82) is 5.41 Å². The third kappa shape index (κ3) is 6.16. The van der Waals surface area contributed by atoms with Gasteiger partial charge in [0, 0.05) is 62.2 Å². The van der Waals surface area contributed by atoms with Crippen molar-refractivity contribution in [3.8, 4) is 0 Å². The van der Waals surface area contributed by atoms with Crippen molar-refractivity contribution in [1.82, 2.24) is 25.3 Å². The number of carbonyl (C=O) groups is 1. The first kappa shape index (κ1) is 27.7. The molecule has 0 radical (unpaired) electrons. The number of piperidine rings is 1. The molecule has 2 saturated heterocycles. The second-order valence-corrected chi connectivity index (χ2v) is 12.9. The molecule has 7 nitrogen and oxygen atoms in total. The highest BCUT2D eigenvalue weighted by Crippen LogP contribution is 2.45. The minimum Gasteiger partial charge on any atom is -0.351 e. The fourth-order valence-corrected chi connectivity index (χ4v) is 7.52. The minimum atomic E-state index is -4.57. The Morgan fingerprint density at radius 1 is 1.29 bits per heavy atom. The molecule has 2 aliphatic heterocycles. The fourth-order valence-electron chi connectivity index (χ4n) is 6.67. The van der Waals surface area contributed by atoms with E-state index in [1.165, 1.54) is 29.7 Å². The second kappa shape index (κ2) is 11.0. The average Bonchev–Trinajstić information content (AvgIpc) is 3.50. The lowest BCUT2D eigenvalue weighted by Gasteiger charge is -2.39. The van der Waals surface area contributed by atoms with Crippen LogP contribution in [0.3, 0.4) is 0 Å². The maximum Gasteiger partial charge on any atom is 0.435 e. The van der Waals surface area contributed by atoms with E-state index >= 15 is 0 Å². The van der Waals surface area contributed by atoms with E-state index in [-0.39, 0.29) is 41.9 Å². The Balaban J connectivity index is 1.35. The van der Waals surface area contributed by atoms with E-state index in [4.69, 9.17) is 5.41 Å². The first-order chi connectivity index (χ1) is 18.0. The number of alkyl halides is 4. The van der Waals surface area contributed by atoms with Gasteiger partial charge in [0.15, 0.2) is 10.9 Å². The van der Waals surface area contributed by atoms with Gasteiger partial charge in [-0.1, -0.05) is 18.7 Å². The predicted octanol–water partition coefficient (Wildman–Crippen LogP) is 4.15. The molecule has 3 N–H and O–H groups in total. The molecule has 12 heteroatoms. The van der Waals surface area contributed by atoms with Crippen molar-refractivity contribution in [3.63, 3.8) is 0 Å². The van der Waals surface area contributed by atoms with Crippen LogP contribution in [-0.2, 0) is 18.0 Å². The monoisotopic (exact) mass is 558 g/mol. The SMILES string of the molecule is CC1CC([C@@H](NC(=O)C2CC(CN3CCSC3=N)CC(c3cn(C)nc3C(F)(F)F)C2)C2CC2)NCC1F. The predicted molar refractivity (Wildman–Crippen MR) is 139 cm³/mol. The number of carbonyl (C=O) groups excluding carboxylic acids is 1. The summed E-state index contributed by atoms with van der Waals surface area (Å²) in [5, 5.41) is 19.0. The molecule has 2 aliphatic carbocycles. The van der Waals surface area contributed by atoms with Crippen molar-refractivity contribution in [2.24, 2.45) is 30.7 Å². The van der Waals surface area contributed by atoms with Gasteiger partial charge < -0.3 is 15.5 Å². The summed E-state index contributed by atoms with van der Waals surface area (Å²) in [5.74, 6) is 0.102. The molecule has 0 spiro atoms. The van der Waals surface area contributed by atoms with Crippen LogP contribution in [0.25, 0.3) is 0 Å². The van der Waals surface area contributed by atoms with Crippen LogP contribution >= 0.6 is 11.8 Å². The topological polar surface area (TPSA) is 86.0 Å². The molecule has 212 valence electrons. The van der Waals surface area contributed by atoms with Crippen molar-refractivity contribution < 1.29 is 22.4 Å². The smallest absolute Gasteiger partial charge is 0.351 e. The highest BCUT2D eigenvalue weighted by atomic mass is 32.2. The lowest BCUT2D eigenvalue weighted by atomic mass is 9.72. The number of aryl methyl sites for hydroxylation is 1. The van der Waals surface area contributed by atoms with Crippen LogP contribution in [0.4, 0.5) is 17.6 Å². The standard InChI is InChI=1S/C26H38F4N6OS/c1-14-7-21(32-11-20(14)27)22(16-3-4-16)33-24(37)18-9-15(12-36-5-6-38-25(36)31)8-17(10-18)19-13-35(2)34-23(19)26(28,29)30/h13-18,20-22,31-32H,3-12H2,1-2H3,(H,33,37)/t14?,15?,17?,18?,20?,21?,22-/m0/s1. The Labute approximate surface area is 225 Å². The van der Waals surface area contributed by atoms with Gasteiger partial charge in [-0.05, 0) is 62.2 Å². The van der Waals surface area contributed by atoms with Crippen molar-refractivity contribution >= 4 is 22.8 Å². The first-order valence-corrected chi connectivity index (χ1v) is 14.7. The number of rotatable bonds is 7. The Morgan fingerprint density at radius 3 is 2.68 bits per heavy atom. The number of thioether (sulfide) groups is 1. The zero-order valence-electron chi connectivity index (χ0n) is 21.9. The largest absolute Gasteiger partial charge is 0.435 e. The highest BCUT2D eigenvalue weighted by Gasteiger charge is 2.45. The van der Waals surface area contributed by atoms with Gasteiger partial charge in [0.25, 0.3) is 0 Å². The quantitative estimate of drug-likeness (QED) is 0.438. The van der Waals surface area contributed by atoms with Gasteiger partial charge in [0.05, 0.1) is 0 Å². The second-order valence-electron chi connectivity index (χ2n) is 11.8. The summed E-state index contributed by atoms with van der Waals surface area (Å²) in [6.45, 7) is 3.49. The van der Waals surface area contributed by atoms with Gasteiger partial charge in [-0.2, -0.15) is 18.3 Å². The lowest BCUT2D eigenvalue weighted by Crippen LogP contribution is -2.57. The van der Waals surface area contributed by atoms with E-state index in [1.54, 1.807) is 0 Å². The molecule has 5 rings (SSSR count). The normalized spacial score (nSPS) is 33.4. The molecular formula is C26H38F4N6OS. The van der Waals surface area contributed by atoms with Gasteiger partial charge in [-0.15, -0.1) is 0 Å². The summed E-state index contributed by atoms with van der Waals surface area (Å²) < 4.78 is 56.9. The first-order valence-electron chi connectivity index (χ1n) is 13.7. The van der Waals surface area contributed by atoms with E-state index in [2.05, 4.69) is 15.7 Å². The molecule has 7 atom stereocenters. The number of amides is 1. The van der Waals surface area contributed by atoms with E-state index in [9.17, 15) is 22.4 Å². The molecule has 0 bridgehead atoms. The zero-order valence-corrected chi connectivity index (χ0v) is 22.8. The minimum absolute atomic E-state index is 0.000822. The van der Waals surface area contributed by atoms with Crippen LogP contribution in [0.1, 0.15) is 62.6 Å². The Bertz CT molecular complexity index is 1030. The molecule has 3 heterocycles. The Morgan fingerprint density at radius 2 is 2.05 bits per heavy atom. The van der Waals surface area contributed by atoms with Gasteiger partial charge in [0.2, 0.25) is 5.91 Å². The number of nitrogens with zero attached hydrogens (tertiary/aromatic N) is 3.